The summed E-state index contributed by atoms with van der Waals surface area (Å²) in [5.74, 6) is -0.172. The maximum Gasteiger partial charge on any atom is 0.128 e. The molecule has 1 aromatic carbocycles. The van der Waals surface area contributed by atoms with E-state index in [0.29, 0.717) is 12.2 Å². The quantitative estimate of drug-likeness (QED) is 0.838. The van der Waals surface area contributed by atoms with E-state index in [9.17, 15) is 4.39 Å². The molecule has 1 aromatic rings. The van der Waals surface area contributed by atoms with Gasteiger partial charge in [0.25, 0.3) is 0 Å². The Morgan fingerprint density at radius 2 is 2.00 bits per heavy atom. The Labute approximate surface area is 109 Å². The summed E-state index contributed by atoms with van der Waals surface area (Å²) in [6, 6.07) is 6.85. The minimum absolute atomic E-state index is 0.0850. The van der Waals surface area contributed by atoms with Gasteiger partial charge in [-0.2, -0.15) is 0 Å². The van der Waals surface area contributed by atoms with Crippen LogP contribution < -0.4 is 5.32 Å². The predicted molar refractivity (Wildman–Crippen MR) is 70.9 cm³/mol. The number of hydrogen-bond acceptors (Lipinski definition) is 2. The van der Waals surface area contributed by atoms with Gasteiger partial charge in [-0.05, 0) is 25.5 Å². The lowest BCUT2D eigenvalue weighted by Crippen LogP contribution is -2.40. The lowest BCUT2D eigenvalue weighted by molar-refractivity contribution is -0.0510. The van der Waals surface area contributed by atoms with Gasteiger partial charge in [0.2, 0.25) is 0 Å². The van der Waals surface area contributed by atoms with Crippen LogP contribution in [0.15, 0.2) is 24.3 Å². The zero-order chi connectivity index (χ0) is 12.8. The number of hydrogen-bond donors (Lipinski definition) is 1. The molecule has 0 amide bonds. The molecule has 0 heterocycles. The van der Waals surface area contributed by atoms with Crippen molar-refractivity contribution in [1.82, 2.24) is 5.32 Å². The maximum absolute atomic E-state index is 13.5. The Bertz CT molecular complexity index is 375. The van der Waals surface area contributed by atoms with Gasteiger partial charge in [0.1, 0.15) is 5.82 Å². The van der Waals surface area contributed by atoms with E-state index >= 15 is 0 Å². The molecule has 100 valence electrons. The summed E-state index contributed by atoms with van der Waals surface area (Å²) in [7, 11) is 0. The Balaban J connectivity index is 1.95. The maximum atomic E-state index is 13.5. The van der Waals surface area contributed by atoms with Crippen molar-refractivity contribution in [2.24, 2.45) is 0 Å². The first-order valence-corrected chi connectivity index (χ1v) is 6.84. The predicted octanol–water partition coefficient (Wildman–Crippen LogP) is 3.26. The van der Waals surface area contributed by atoms with Crippen LogP contribution in [0.4, 0.5) is 4.39 Å². The topological polar surface area (TPSA) is 21.3 Å². The minimum Gasteiger partial charge on any atom is -0.369 e. The van der Waals surface area contributed by atoms with Gasteiger partial charge in [-0.3, -0.25) is 0 Å². The third-order valence-corrected chi connectivity index (χ3v) is 3.70. The molecule has 1 fully saturated rings. The highest BCUT2D eigenvalue weighted by molar-refractivity contribution is 5.16. The van der Waals surface area contributed by atoms with Crippen molar-refractivity contribution in [3.63, 3.8) is 0 Å². The van der Waals surface area contributed by atoms with Crippen LogP contribution in [0.3, 0.4) is 0 Å². The summed E-state index contributed by atoms with van der Waals surface area (Å²) in [6.45, 7) is 4.29. The second kappa shape index (κ2) is 6.30. The summed E-state index contributed by atoms with van der Waals surface area (Å²) >= 11 is 0. The standard InChI is InChI=1S/C15H22FNO/c1-2-17-12-15(9-5-6-10-15)18-11-13-7-3-4-8-14(13)16/h3-4,7-8,17H,2,5-6,9-12H2,1H3. The molecule has 0 aliphatic heterocycles. The minimum atomic E-state index is -0.172. The van der Waals surface area contributed by atoms with Crippen molar-refractivity contribution in [2.75, 3.05) is 13.1 Å². The fourth-order valence-electron chi connectivity index (χ4n) is 2.59. The van der Waals surface area contributed by atoms with Gasteiger partial charge in [-0.1, -0.05) is 38.0 Å². The second-order valence-corrected chi connectivity index (χ2v) is 5.05. The van der Waals surface area contributed by atoms with Crippen LogP contribution in [0.2, 0.25) is 0 Å². The van der Waals surface area contributed by atoms with Gasteiger partial charge in [-0.15, -0.1) is 0 Å². The number of rotatable bonds is 6. The average Bonchev–Trinajstić information content (AvgIpc) is 2.85. The van der Waals surface area contributed by atoms with Crippen molar-refractivity contribution in [2.45, 2.75) is 44.8 Å². The SMILES string of the molecule is CCNCC1(OCc2ccccc2F)CCCC1. The molecule has 0 spiro atoms. The van der Waals surface area contributed by atoms with Gasteiger partial charge in [0.15, 0.2) is 0 Å². The van der Waals surface area contributed by atoms with E-state index in [1.807, 2.05) is 6.07 Å². The monoisotopic (exact) mass is 251 g/mol. The fourth-order valence-corrected chi connectivity index (χ4v) is 2.59. The molecule has 1 aliphatic carbocycles. The van der Waals surface area contributed by atoms with Crippen molar-refractivity contribution < 1.29 is 9.13 Å². The molecule has 1 aliphatic rings. The van der Waals surface area contributed by atoms with Gasteiger partial charge >= 0.3 is 0 Å². The fraction of sp³-hybridized carbons (Fsp3) is 0.600. The average molecular weight is 251 g/mol. The van der Waals surface area contributed by atoms with Crippen molar-refractivity contribution in [3.05, 3.63) is 35.6 Å². The molecule has 2 rings (SSSR count). The smallest absolute Gasteiger partial charge is 0.128 e. The lowest BCUT2D eigenvalue weighted by atomic mass is 10.0. The number of benzene rings is 1. The summed E-state index contributed by atoms with van der Waals surface area (Å²) in [6.07, 6.45) is 4.58. The highest BCUT2D eigenvalue weighted by Crippen LogP contribution is 2.33. The molecule has 0 aromatic heterocycles. The molecular weight excluding hydrogens is 229 g/mol. The van der Waals surface area contributed by atoms with E-state index < -0.39 is 0 Å². The molecule has 18 heavy (non-hydrogen) atoms. The number of ether oxygens (including phenoxy) is 1. The summed E-state index contributed by atoms with van der Waals surface area (Å²) in [4.78, 5) is 0. The van der Waals surface area contributed by atoms with Crippen LogP contribution in [0.25, 0.3) is 0 Å². The van der Waals surface area contributed by atoms with E-state index in [2.05, 4.69) is 12.2 Å². The van der Waals surface area contributed by atoms with Gasteiger partial charge in [0, 0.05) is 12.1 Å². The van der Waals surface area contributed by atoms with Crippen molar-refractivity contribution in [1.29, 1.82) is 0 Å². The van der Waals surface area contributed by atoms with E-state index in [1.54, 1.807) is 12.1 Å². The third-order valence-electron chi connectivity index (χ3n) is 3.70. The highest BCUT2D eigenvalue weighted by Gasteiger charge is 2.34. The number of likely N-dealkylation sites (N-methyl/N-ethyl adjacent to an activating group) is 1. The highest BCUT2D eigenvalue weighted by atomic mass is 19.1. The summed E-state index contributed by atoms with van der Waals surface area (Å²) < 4.78 is 19.6. The first kappa shape index (κ1) is 13.5. The Kier molecular flexibility index (Phi) is 4.72. The van der Waals surface area contributed by atoms with Crippen LogP contribution in [-0.4, -0.2) is 18.7 Å². The van der Waals surface area contributed by atoms with E-state index in [-0.39, 0.29) is 11.4 Å². The van der Waals surface area contributed by atoms with Crippen molar-refractivity contribution in [3.8, 4) is 0 Å². The summed E-state index contributed by atoms with van der Waals surface area (Å²) in [5.41, 5.74) is 0.568. The largest absolute Gasteiger partial charge is 0.369 e. The van der Waals surface area contributed by atoms with Gasteiger partial charge < -0.3 is 10.1 Å². The van der Waals surface area contributed by atoms with Crippen LogP contribution in [0, 0.1) is 5.82 Å². The van der Waals surface area contributed by atoms with Gasteiger partial charge in [-0.25, -0.2) is 4.39 Å². The first-order chi connectivity index (χ1) is 8.76. The molecule has 1 saturated carbocycles. The second-order valence-electron chi connectivity index (χ2n) is 5.05. The molecule has 2 nitrogen and oxygen atoms in total. The lowest BCUT2D eigenvalue weighted by Gasteiger charge is -2.29. The number of nitrogens with one attached hydrogen (secondary N) is 1. The van der Waals surface area contributed by atoms with E-state index in [4.69, 9.17) is 4.74 Å². The van der Waals surface area contributed by atoms with Crippen LogP contribution in [0.5, 0.6) is 0 Å². The van der Waals surface area contributed by atoms with E-state index in [1.165, 1.54) is 18.9 Å². The molecule has 1 N–H and O–H groups in total. The normalized spacial score (nSPS) is 18.1. The van der Waals surface area contributed by atoms with Crippen molar-refractivity contribution >= 4 is 0 Å². The molecule has 0 atom stereocenters. The zero-order valence-corrected chi connectivity index (χ0v) is 11.0. The number of halogens is 1. The Morgan fingerprint density at radius 1 is 1.28 bits per heavy atom. The third kappa shape index (κ3) is 3.30. The molecule has 0 bridgehead atoms. The molecule has 0 unspecified atom stereocenters. The zero-order valence-electron chi connectivity index (χ0n) is 11.0. The molecular formula is C15H22FNO. The van der Waals surface area contributed by atoms with Gasteiger partial charge in [0.05, 0.1) is 12.2 Å². The molecule has 3 heteroatoms. The van der Waals surface area contributed by atoms with Crippen LogP contribution in [-0.2, 0) is 11.3 Å². The Morgan fingerprint density at radius 3 is 2.67 bits per heavy atom. The van der Waals surface area contributed by atoms with E-state index in [0.717, 1.165) is 25.9 Å². The molecule has 0 saturated heterocycles. The first-order valence-electron chi connectivity index (χ1n) is 6.84. The molecule has 0 radical (unpaired) electrons. The van der Waals surface area contributed by atoms with Crippen LogP contribution in [0.1, 0.15) is 38.2 Å². The Hall–Kier alpha value is -0.930. The van der Waals surface area contributed by atoms with Crippen LogP contribution >= 0.6 is 0 Å². The summed E-state index contributed by atoms with van der Waals surface area (Å²) in [5, 5.41) is 3.36.